The number of hydrogen-bond acceptors (Lipinski definition) is 4. The molecule has 0 bridgehead atoms. The normalized spacial score (nSPS) is 13.8. The van der Waals surface area contributed by atoms with Gasteiger partial charge in [-0.05, 0) is 15.9 Å². The van der Waals surface area contributed by atoms with Crippen LogP contribution in [0.25, 0.3) is 5.65 Å². The van der Waals surface area contributed by atoms with Crippen LogP contribution in [0.4, 0.5) is 19.0 Å². The first-order valence-corrected chi connectivity index (χ1v) is 5.65. The highest BCUT2D eigenvalue weighted by Gasteiger charge is 2.38. The fourth-order valence-electron chi connectivity index (χ4n) is 1.33. The van der Waals surface area contributed by atoms with E-state index in [0.717, 1.165) is 0 Å². The van der Waals surface area contributed by atoms with Gasteiger partial charge in [0, 0.05) is 18.6 Å². The first kappa shape index (κ1) is 13.1. The average molecular weight is 325 g/mol. The lowest BCUT2D eigenvalue weighted by atomic mass is 10.3. The Labute approximate surface area is 108 Å². The van der Waals surface area contributed by atoms with Gasteiger partial charge in [-0.15, -0.1) is 0 Å². The number of aromatic nitrogens is 3. The van der Waals surface area contributed by atoms with Gasteiger partial charge in [-0.2, -0.15) is 13.2 Å². The van der Waals surface area contributed by atoms with Gasteiger partial charge in [-0.25, -0.2) is 9.97 Å². The number of imidazole rings is 1. The number of nitrogens with one attached hydrogen (secondary N) is 1. The molecule has 18 heavy (non-hydrogen) atoms. The second-order valence-electron chi connectivity index (χ2n) is 3.51. The predicted octanol–water partition coefficient (Wildman–Crippen LogP) is 1.83. The van der Waals surface area contributed by atoms with Gasteiger partial charge >= 0.3 is 6.18 Å². The number of alkyl halides is 3. The third-order valence-corrected chi connectivity index (χ3v) is 2.57. The van der Waals surface area contributed by atoms with Crippen molar-refractivity contribution in [1.29, 1.82) is 0 Å². The molecule has 0 spiro atoms. The van der Waals surface area contributed by atoms with Crippen LogP contribution < -0.4 is 5.32 Å². The van der Waals surface area contributed by atoms with Gasteiger partial charge in [0.2, 0.25) is 0 Å². The molecule has 2 rings (SSSR count). The predicted molar refractivity (Wildman–Crippen MR) is 61.2 cm³/mol. The van der Waals surface area contributed by atoms with Gasteiger partial charge in [-0.3, -0.25) is 0 Å². The largest absolute Gasteiger partial charge is 0.416 e. The number of aliphatic hydroxyl groups is 1. The van der Waals surface area contributed by atoms with Gasteiger partial charge in [0.1, 0.15) is 4.60 Å². The van der Waals surface area contributed by atoms with Gasteiger partial charge in [0.15, 0.2) is 17.6 Å². The Morgan fingerprint density at radius 2 is 2.22 bits per heavy atom. The van der Waals surface area contributed by atoms with E-state index in [4.69, 9.17) is 5.11 Å². The van der Waals surface area contributed by atoms with Crippen LogP contribution in [0.3, 0.4) is 0 Å². The van der Waals surface area contributed by atoms with Gasteiger partial charge in [0.05, 0.1) is 6.54 Å². The summed E-state index contributed by atoms with van der Waals surface area (Å²) in [6.45, 7) is -0.685. The molecule has 2 aromatic heterocycles. The molecule has 0 amide bonds. The number of aliphatic hydroxyl groups excluding tert-OH is 1. The summed E-state index contributed by atoms with van der Waals surface area (Å²) in [4.78, 5) is 7.93. The summed E-state index contributed by atoms with van der Waals surface area (Å²) in [6, 6.07) is 0. The van der Waals surface area contributed by atoms with Crippen LogP contribution in [-0.2, 0) is 0 Å². The van der Waals surface area contributed by atoms with Crippen molar-refractivity contribution < 1.29 is 18.3 Å². The molecule has 98 valence electrons. The van der Waals surface area contributed by atoms with Crippen molar-refractivity contribution in [2.45, 2.75) is 12.3 Å². The first-order chi connectivity index (χ1) is 8.38. The Hall–Kier alpha value is -1.35. The van der Waals surface area contributed by atoms with Crippen LogP contribution in [0, 0.1) is 0 Å². The smallest absolute Gasteiger partial charge is 0.382 e. The lowest BCUT2D eigenvalue weighted by Gasteiger charge is -2.15. The molecule has 2 aromatic rings. The van der Waals surface area contributed by atoms with E-state index in [1.165, 1.54) is 6.20 Å². The minimum absolute atomic E-state index is 0.165. The number of rotatable bonds is 3. The molecule has 0 saturated heterocycles. The summed E-state index contributed by atoms with van der Waals surface area (Å²) in [5.41, 5.74) is 0.382. The van der Waals surface area contributed by atoms with Crippen LogP contribution in [0.5, 0.6) is 0 Å². The molecule has 0 fully saturated rings. The minimum atomic E-state index is -4.66. The third kappa shape index (κ3) is 2.72. The zero-order valence-electron chi connectivity index (χ0n) is 8.82. The molecule has 1 unspecified atom stereocenters. The van der Waals surface area contributed by atoms with Crippen molar-refractivity contribution in [1.82, 2.24) is 14.4 Å². The molecular weight excluding hydrogens is 317 g/mol. The molecule has 0 radical (unpaired) electrons. The van der Waals surface area contributed by atoms with Crippen molar-refractivity contribution in [2.24, 2.45) is 0 Å². The second kappa shape index (κ2) is 4.73. The van der Waals surface area contributed by atoms with Crippen LogP contribution in [0.15, 0.2) is 23.2 Å². The van der Waals surface area contributed by atoms with Crippen molar-refractivity contribution >= 4 is 27.4 Å². The van der Waals surface area contributed by atoms with E-state index in [1.807, 2.05) is 0 Å². The maximum absolute atomic E-state index is 12.1. The van der Waals surface area contributed by atoms with Crippen molar-refractivity contribution in [3.63, 3.8) is 0 Å². The summed E-state index contributed by atoms with van der Waals surface area (Å²) in [5.74, 6) is 0.165. The van der Waals surface area contributed by atoms with E-state index in [1.54, 1.807) is 16.8 Å². The third-order valence-electron chi connectivity index (χ3n) is 2.19. The van der Waals surface area contributed by atoms with Crippen LogP contribution in [0.2, 0.25) is 0 Å². The number of anilines is 1. The summed E-state index contributed by atoms with van der Waals surface area (Å²) in [5, 5.41) is 11.3. The summed E-state index contributed by atoms with van der Waals surface area (Å²) in [6.07, 6.45) is -2.37. The summed E-state index contributed by atoms with van der Waals surface area (Å²) in [7, 11) is 0. The highest BCUT2D eigenvalue weighted by atomic mass is 79.9. The fraction of sp³-hybridized carbons (Fsp3) is 0.333. The number of nitrogens with zero attached hydrogens (tertiary/aromatic N) is 3. The quantitative estimate of drug-likeness (QED) is 0.904. The molecule has 0 aliphatic rings. The molecule has 2 N–H and O–H groups in total. The van der Waals surface area contributed by atoms with E-state index in [2.05, 4.69) is 31.2 Å². The molecule has 0 aliphatic carbocycles. The monoisotopic (exact) mass is 324 g/mol. The molecule has 5 nitrogen and oxygen atoms in total. The van der Waals surface area contributed by atoms with Crippen molar-refractivity contribution in [3.05, 3.63) is 23.2 Å². The molecule has 0 saturated carbocycles. The molecule has 2 heterocycles. The fourth-order valence-corrected chi connectivity index (χ4v) is 1.73. The van der Waals surface area contributed by atoms with Crippen LogP contribution in [-0.4, -0.2) is 38.3 Å². The van der Waals surface area contributed by atoms with Gasteiger partial charge in [-0.1, -0.05) is 0 Å². The van der Waals surface area contributed by atoms with Crippen LogP contribution in [0.1, 0.15) is 0 Å². The van der Waals surface area contributed by atoms with Gasteiger partial charge in [0.25, 0.3) is 0 Å². The molecule has 0 aliphatic heterocycles. The Bertz CT molecular complexity index is 556. The minimum Gasteiger partial charge on any atom is -0.382 e. The SMILES string of the molecule is OC(CNc1nc(Br)cn2ccnc12)C(F)(F)F. The Kier molecular flexibility index (Phi) is 3.44. The average Bonchev–Trinajstić information content (AvgIpc) is 2.71. The summed E-state index contributed by atoms with van der Waals surface area (Å²) < 4.78 is 38.5. The number of fused-ring (bicyclic) bond motifs is 1. The highest BCUT2D eigenvalue weighted by Crippen LogP contribution is 2.21. The zero-order valence-corrected chi connectivity index (χ0v) is 10.4. The molecule has 1 atom stereocenters. The van der Waals surface area contributed by atoms with Crippen molar-refractivity contribution in [2.75, 3.05) is 11.9 Å². The highest BCUT2D eigenvalue weighted by molar-refractivity contribution is 9.10. The van der Waals surface area contributed by atoms with Gasteiger partial charge < -0.3 is 14.8 Å². The standard InChI is InChI=1S/C9H8BrF3N4O/c10-6-4-17-2-1-14-8(17)7(16-6)15-3-5(18)9(11,12)13/h1-2,4-5,18H,3H2,(H,15,16). The van der Waals surface area contributed by atoms with Crippen molar-refractivity contribution in [3.8, 4) is 0 Å². The molecule has 0 aromatic carbocycles. The van der Waals surface area contributed by atoms with Crippen LogP contribution >= 0.6 is 15.9 Å². The Morgan fingerprint density at radius 1 is 1.50 bits per heavy atom. The first-order valence-electron chi connectivity index (χ1n) is 4.86. The number of halogens is 4. The van der Waals surface area contributed by atoms with E-state index in [0.29, 0.717) is 10.3 Å². The molecular formula is C9H8BrF3N4O. The lowest BCUT2D eigenvalue weighted by molar-refractivity contribution is -0.198. The maximum atomic E-state index is 12.1. The second-order valence-corrected chi connectivity index (χ2v) is 4.32. The van der Waals surface area contributed by atoms with E-state index in [9.17, 15) is 13.2 Å². The molecule has 9 heteroatoms. The van der Waals surface area contributed by atoms with E-state index < -0.39 is 18.8 Å². The van der Waals surface area contributed by atoms with E-state index >= 15 is 0 Å². The zero-order chi connectivity index (χ0) is 13.3. The summed E-state index contributed by atoms with van der Waals surface area (Å²) >= 11 is 3.13. The number of hydrogen-bond donors (Lipinski definition) is 2. The lowest BCUT2D eigenvalue weighted by Crippen LogP contribution is -2.35. The maximum Gasteiger partial charge on any atom is 0.416 e. The topological polar surface area (TPSA) is 62.5 Å². The van der Waals surface area contributed by atoms with E-state index in [-0.39, 0.29) is 5.82 Å². The Balaban J connectivity index is 2.19. The Morgan fingerprint density at radius 3 is 2.89 bits per heavy atom.